The Kier molecular flexibility index (Phi) is 2.83. The van der Waals surface area contributed by atoms with E-state index in [0.717, 1.165) is 5.39 Å². The van der Waals surface area contributed by atoms with Crippen molar-refractivity contribution >= 4 is 20.9 Å². The molecule has 1 aliphatic carbocycles. The molecule has 0 aliphatic heterocycles. The summed E-state index contributed by atoms with van der Waals surface area (Å²) in [5.74, 6) is -0.627. The Labute approximate surface area is 117 Å². The van der Waals surface area contributed by atoms with Crippen molar-refractivity contribution in [1.82, 2.24) is 3.97 Å². The van der Waals surface area contributed by atoms with Crippen molar-refractivity contribution in [2.75, 3.05) is 0 Å². The van der Waals surface area contributed by atoms with Crippen LogP contribution in [0, 0.1) is 0 Å². The highest BCUT2D eigenvalue weighted by Crippen LogP contribution is 2.36. The van der Waals surface area contributed by atoms with Crippen LogP contribution in [0.15, 0.2) is 60.6 Å². The lowest BCUT2D eigenvalue weighted by Crippen LogP contribution is -2.40. The molecule has 3 nitrogen and oxygen atoms in total. The lowest BCUT2D eigenvalue weighted by atomic mass is 10.0. The number of hydrogen-bond acceptors (Lipinski definition) is 2. The molecule has 0 amide bonds. The van der Waals surface area contributed by atoms with Crippen molar-refractivity contribution in [3.05, 3.63) is 60.6 Å². The number of aromatic nitrogens is 1. The first-order valence-electron chi connectivity index (χ1n) is 6.31. The zero-order valence-corrected chi connectivity index (χ0v) is 11.8. The Bertz CT molecular complexity index is 832. The standard InChI is InChI=1S/C15H14FNO2S/c1-15(10-5-4-8-14(15)16)20(18,19)17-11-9-12-6-2-3-7-13(12)17/h2-9,11H,10H2,1H3. The van der Waals surface area contributed by atoms with Gasteiger partial charge in [-0.15, -0.1) is 0 Å². The minimum atomic E-state index is -3.87. The van der Waals surface area contributed by atoms with Crippen LogP contribution in [0.3, 0.4) is 0 Å². The summed E-state index contributed by atoms with van der Waals surface area (Å²) in [6, 6.07) is 8.87. The van der Waals surface area contributed by atoms with Gasteiger partial charge in [0.05, 0.1) is 5.52 Å². The van der Waals surface area contributed by atoms with Gasteiger partial charge in [0.15, 0.2) is 0 Å². The Morgan fingerprint density at radius 3 is 2.75 bits per heavy atom. The van der Waals surface area contributed by atoms with Crippen molar-refractivity contribution in [3.8, 4) is 0 Å². The molecule has 1 atom stereocenters. The van der Waals surface area contributed by atoms with Gasteiger partial charge in [-0.3, -0.25) is 0 Å². The van der Waals surface area contributed by atoms with Crippen LogP contribution in [0.25, 0.3) is 10.9 Å². The maximum atomic E-state index is 14.1. The largest absolute Gasteiger partial charge is 0.251 e. The number of nitrogens with zero attached hydrogens (tertiary/aromatic N) is 1. The van der Waals surface area contributed by atoms with E-state index in [0.29, 0.717) is 5.52 Å². The molecule has 5 heteroatoms. The van der Waals surface area contributed by atoms with Crippen LogP contribution in [0.4, 0.5) is 4.39 Å². The molecular weight excluding hydrogens is 277 g/mol. The average molecular weight is 291 g/mol. The monoisotopic (exact) mass is 291 g/mol. The quantitative estimate of drug-likeness (QED) is 0.850. The lowest BCUT2D eigenvalue weighted by Gasteiger charge is -2.29. The average Bonchev–Trinajstić information content (AvgIpc) is 2.86. The molecule has 0 N–H and O–H groups in total. The van der Waals surface area contributed by atoms with E-state index >= 15 is 0 Å². The highest BCUT2D eigenvalue weighted by molar-refractivity contribution is 7.91. The molecule has 0 spiro atoms. The predicted molar refractivity (Wildman–Crippen MR) is 77.6 cm³/mol. The fourth-order valence-electron chi connectivity index (χ4n) is 2.43. The minimum Gasteiger partial charge on any atom is -0.244 e. The van der Waals surface area contributed by atoms with Gasteiger partial charge in [0.25, 0.3) is 10.0 Å². The molecule has 20 heavy (non-hydrogen) atoms. The molecule has 0 fully saturated rings. The molecule has 1 aromatic heterocycles. The van der Waals surface area contributed by atoms with Crippen molar-refractivity contribution in [2.45, 2.75) is 18.1 Å². The number of rotatable bonds is 2. The zero-order valence-electron chi connectivity index (χ0n) is 11.0. The van der Waals surface area contributed by atoms with Crippen LogP contribution >= 0.6 is 0 Å². The van der Waals surface area contributed by atoms with Crippen LogP contribution in [0.2, 0.25) is 0 Å². The molecule has 0 saturated heterocycles. The number of para-hydroxylation sites is 1. The SMILES string of the molecule is CC1(S(=O)(=O)n2ccc3ccccc32)CC=CC=C1F. The first-order chi connectivity index (χ1) is 9.47. The molecule has 1 aromatic carbocycles. The lowest BCUT2D eigenvalue weighted by molar-refractivity contribution is 0.477. The summed E-state index contributed by atoms with van der Waals surface area (Å²) in [7, 11) is -3.87. The Balaban J connectivity index is 2.23. The second-order valence-corrected chi connectivity index (χ2v) is 7.30. The summed E-state index contributed by atoms with van der Waals surface area (Å²) in [5.41, 5.74) is 0.566. The normalized spacial score (nSPS) is 23.0. The van der Waals surface area contributed by atoms with Gasteiger partial charge in [-0.2, -0.15) is 0 Å². The topological polar surface area (TPSA) is 39.1 Å². The van der Waals surface area contributed by atoms with E-state index in [1.54, 1.807) is 30.4 Å². The smallest absolute Gasteiger partial charge is 0.244 e. The number of hydrogen-bond donors (Lipinski definition) is 0. The zero-order chi connectivity index (χ0) is 14.4. The van der Waals surface area contributed by atoms with E-state index < -0.39 is 20.6 Å². The predicted octanol–water partition coefficient (Wildman–Crippen LogP) is 3.39. The van der Waals surface area contributed by atoms with E-state index in [2.05, 4.69) is 0 Å². The number of halogens is 1. The second kappa shape index (κ2) is 4.31. The van der Waals surface area contributed by atoms with Gasteiger partial charge in [0, 0.05) is 11.6 Å². The van der Waals surface area contributed by atoms with Gasteiger partial charge in [-0.25, -0.2) is 16.8 Å². The molecular formula is C15H14FNO2S. The fourth-order valence-corrected chi connectivity index (χ4v) is 4.13. The molecule has 0 bridgehead atoms. The maximum absolute atomic E-state index is 14.1. The summed E-state index contributed by atoms with van der Waals surface area (Å²) in [6.45, 7) is 1.42. The van der Waals surface area contributed by atoms with Gasteiger partial charge in [-0.1, -0.05) is 30.4 Å². The van der Waals surface area contributed by atoms with Crippen molar-refractivity contribution in [1.29, 1.82) is 0 Å². The summed E-state index contributed by atoms with van der Waals surface area (Å²) < 4.78 is 39.4. The van der Waals surface area contributed by atoms with Gasteiger partial charge < -0.3 is 0 Å². The number of fused-ring (bicyclic) bond motifs is 1. The summed E-state index contributed by atoms with van der Waals surface area (Å²) >= 11 is 0. The molecule has 1 heterocycles. The fraction of sp³-hybridized carbons (Fsp3) is 0.200. The number of benzene rings is 1. The number of allylic oxidation sites excluding steroid dienone is 3. The van der Waals surface area contributed by atoms with Gasteiger partial charge >= 0.3 is 0 Å². The maximum Gasteiger partial charge on any atom is 0.251 e. The molecule has 2 aromatic rings. The third-order valence-electron chi connectivity index (χ3n) is 3.78. The highest BCUT2D eigenvalue weighted by Gasteiger charge is 2.45. The van der Waals surface area contributed by atoms with Crippen LogP contribution in [-0.2, 0) is 10.0 Å². The second-order valence-electron chi connectivity index (χ2n) is 5.05. The van der Waals surface area contributed by atoms with Gasteiger partial charge in [0.2, 0.25) is 0 Å². The van der Waals surface area contributed by atoms with Crippen molar-refractivity contribution in [3.63, 3.8) is 0 Å². The van der Waals surface area contributed by atoms with E-state index in [9.17, 15) is 12.8 Å². The van der Waals surface area contributed by atoms with Gasteiger partial charge in [0.1, 0.15) is 10.6 Å². The first kappa shape index (κ1) is 13.1. The van der Waals surface area contributed by atoms with Gasteiger partial charge in [-0.05, 0) is 31.6 Å². The minimum absolute atomic E-state index is 0.129. The summed E-state index contributed by atoms with van der Waals surface area (Å²) in [5, 5.41) is 0.815. The molecule has 1 aliphatic rings. The highest BCUT2D eigenvalue weighted by atomic mass is 32.2. The third kappa shape index (κ3) is 1.66. The van der Waals surface area contributed by atoms with E-state index in [1.165, 1.54) is 23.2 Å². The van der Waals surface area contributed by atoms with Crippen LogP contribution < -0.4 is 0 Å². The van der Waals surface area contributed by atoms with Crippen LogP contribution in [0.1, 0.15) is 13.3 Å². The van der Waals surface area contributed by atoms with Crippen molar-refractivity contribution < 1.29 is 12.8 Å². The summed E-state index contributed by atoms with van der Waals surface area (Å²) in [4.78, 5) is 0. The molecule has 1 unspecified atom stereocenters. The Morgan fingerprint density at radius 2 is 2.00 bits per heavy atom. The van der Waals surface area contributed by atoms with E-state index in [4.69, 9.17) is 0 Å². The molecule has 0 radical (unpaired) electrons. The molecule has 3 rings (SSSR count). The third-order valence-corrected chi connectivity index (χ3v) is 6.12. The first-order valence-corrected chi connectivity index (χ1v) is 7.75. The van der Waals surface area contributed by atoms with Crippen LogP contribution in [-0.4, -0.2) is 17.1 Å². The summed E-state index contributed by atoms with van der Waals surface area (Å²) in [6.07, 6.45) is 6.04. The molecule has 0 saturated carbocycles. The van der Waals surface area contributed by atoms with Crippen LogP contribution in [0.5, 0.6) is 0 Å². The van der Waals surface area contributed by atoms with E-state index in [1.807, 2.05) is 12.1 Å². The molecule has 104 valence electrons. The van der Waals surface area contributed by atoms with Crippen molar-refractivity contribution in [2.24, 2.45) is 0 Å². The Morgan fingerprint density at radius 1 is 1.25 bits per heavy atom. The Hall–Kier alpha value is -1.88. The van der Waals surface area contributed by atoms with E-state index in [-0.39, 0.29) is 6.42 Å².